The highest BCUT2D eigenvalue weighted by molar-refractivity contribution is 5.56. The molecule has 0 fully saturated rings. The molecule has 8 heteroatoms. The van der Waals surface area contributed by atoms with Gasteiger partial charge in [-0.15, -0.1) is 0 Å². The molecule has 2 rings (SSSR count). The largest absolute Gasteiger partial charge is 0.496 e. The lowest BCUT2D eigenvalue weighted by molar-refractivity contribution is 0.103. The van der Waals surface area contributed by atoms with Crippen LogP contribution in [-0.4, -0.2) is 57.5 Å². The minimum absolute atomic E-state index is 0.202. The highest BCUT2D eigenvalue weighted by Crippen LogP contribution is 2.45. The van der Waals surface area contributed by atoms with Crippen LogP contribution in [0.4, 0.5) is 0 Å². The number of hydrogen-bond acceptors (Lipinski definition) is 8. The Morgan fingerprint density at radius 3 is 1.55 bits per heavy atom. The van der Waals surface area contributed by atoms with E-state index in [9.17, 15) is 15.3 Å². The molecule has 0 aliphatic carbocycles. The fourth-order valence-electron chi connectivity index (χ4n) is 3.30. The molecule has 8 nitrogen and oxygen atoms in total. The van der Waals surface area contributed by atoms with Gasteiger partial charge in [-0.3, -0.25) is 0 Å². The molecule has 3 N–H and O–H groups in total. The summed E-state index contributed by atoms with van der Waals surface area (Å²) in [5.74, 6) is 1.15. The van der Waals surface area contributed by atoms with Crippen LogP contribution < -0.4 is 23.7 Å². The fraction of sp³-hybridized carbons (Fsp3) is 0.429. The monoisotopic (exact) mass is 408 g/mol. The molecule has 0 bridgehead atoms. The molecule has 29 heavy (non-hydrogen) atoms. The summed E-state index contributed by atoms with van der Waals surface area (Å²) < 4.78 is 26.9. The van der Waals surface area contributed by atoms with E-state index in [4.69, 9.17) is 23.7 Å². The Labute approximate surface area is 170 Å². The lowest BCUT2D eigenvalue weighted by Crippen LogP contribution is -2.17. The van der Waals surface area contributed by atoms with Gasteiger partial charge in [0.15, 0.2) is 11.5 Å². The van der Waals surface area contributed by atoms with E-state index < -0.39 is 12.0 Å². The van der Waals surface area contributed by atoms with Crippen molar-refractivity contribution in [3.05, 3.63) is 41.0 Å². The predicted molar refractivity (Wildman–Crippen MR) is 106 cm³/mol. The van der Waals surface area contributed by atoms with Crippen LogP contribution in [0.2, 0.25) is 0 Å². The quantitative estimate of drug-likeness (QED) is 0.548. The first-order valence-electron chi connectivity index (χ1n) is 8.93. The number of methoxy groups -OCH3 is 5. The lowest BCUT2D eigenvalue weighted by atomic mass is 9.87. The van der Waals surface area contributed by atoms with Crippen LogP contribution in [0.1, 0.15) is 28.7 Å². The van der Waals surface area contributed by atoms with Crippen molar-refractivity contribution in [2.45, 2.75) is 18.6 Å². The number of hydrogen-bond donors (Lipinski definition) is 3. The first-order chi connectivity index (χ1) is 14.0. The van der Waals surface area contributed by atoms with Crippen LogP contribution in [0.25, 0.3) is 0 Å². The minimum Gasteiger partial charge on any atom is -0.496 e. The molecule has 0 radical (unpaired) electrons. The number of aliphatic hydroxyl groups is 3. The van der Waals surface area contributed by atoms with Gasteiger partial charge in [-0.05, 0) is 35.4 Å². The van der Waals surface area contributed by atoms with Gasteiger partial charge in [0.2, 0.25) is 5.75 Å². The van der Waals surface area contributed by atoms with Gasteiger partial charge >= 0.3 is 0 Å². The zero-order chi connectivity index (χ0) is 21.6. The summed E-state index contributed by atoms with van der Waals surface area (Å²) in [6.07, 6.45) is -1.14. The molecule has 160 valence electrons. The van der Waals surface area contributed by atoms with Gasteiger partial charge in [-0.25, -0.2) is 0 Å². The maximum Gasteiger partial charge on any atom is 0.203 e. The maximum atomic E-state index is 11.1. The first kappa shape index (κ1) is 22.6. The van der Waals surface area contributed by atoms with E-state index >= 15 is 0 Å². The van der Waals surface area contributed by atoms with Gasteiger partial charge in [0.25, 0.3) is 0 Å². The molecule has 0 heterocycles. The molecule has 0 aliphatic rings. The van der Waals surface area contributed by atoms with Crippen molar-refractivity contribution in [3.63, 3.8) is 0 Å². The first-order valence-corrected chi connectivity index (χ1v) is 8.93. The molecule has 2 aromatic carbocycles. The van der Waals surface area contributed by atoms with Gasteiger partial charge < -0.3 is 39.0 Å². The number of aliphatic hydroxyl groups excluding tert-OH is 3. The second kappa shape index (κ2) is 10.2. The smallest absolute Gasteiger partial charge is 0.203 e. The molecule has 2 atom stereocenters. The Morgan fingerprint density at radius 1 is 0.724 bits per heavy atom. The maximum absolute atomic E-state index is 11.1. The molecule has 2 unspecified atom stereocenters. The summed E-state index contributed by atoms with van der Waals surface area (Å²) in [6.45, 7) is -0.588. The van der Waals surface area contributed by atoms with E-state index in [1.807, 2.05) is 0 Å². The molecule has 0 saturated carbocycles. The van der Waals surface area contributed by atoms with Gasteiger partial charge in [0.05, 0.1) is 54.9 Å². The van der Waals surface area contributed by atoms with Crippen molar-refractivity contribution in [3.8, 4) is 28.7 Å². The summed E-state index contributed by atoms with van der Waals surface area (Å²) in [6, 6.07) is 6.52. The third-order valence-electron chi connectivity index (χ3n) is 4.76. The highest BCUT2D eigenvalue weighted by Gasteiger charge is 2.30. The van der Waals surface area contributed by atoms with E-state index in [-0.39, 0.29) is 13.2 Å². The zero-order valence-corrected chi connectivity index (χ0v) is 17.3. The minimum atomic E-state index is -1.14. The molecule has 0 spiro atoms. The second-order valence-corrected chi connectivity index (χ2v) is 6.26. The Bertz CT molecular complexity index is 770. The SMILES string of the molecule is COc1cc(C(O)C(CO)c2c(OC)cc(CO)cc2OC)cc(OC)c1OC. The average molecular weight is 408 g/mol. The predicted octanol–water partition coefficient (Wildman–Crippen LogP) is 2.03. The standard InChI is InChI=1S/C21H28O8/c1-25-15-6-12(10-22)7-16(26-2)19(15)14(11-23)20(24)13-8-17(27-3)21(29-5)18(9-13)28-4/h6-9,14,20,22-24H,10-11H2,1-5H3. The Kier molecular flexibility index (Phi) is 7.95. The molecular formula is C21H28O8. The average Bonchev–Trinajstić information content (AvgIpc) is 2.77. The summed E-state index contributed by atoms with van der Waals surface area (Å²) in [4.78, 5) is 0. The number of rotatable bonds is 10. The molecular weight excluding hydrogens is 380 g/mol. The number of ether oxygens (including phenoxy) is 5. The molecule has 0 saturated heterocycles. The van der Waals surface area contributed by atoms with E-state index in [1.54, 1.807) is 24.3 Å². The number of benzene rings is 2. The summed E-state index contributed by atoms with van der Waals surface area (Å²) in [5.41, 5.74) is 1.52. The van der Waals surface area contributed by atoms with E-state index in [0.29, 0.717) is 45.4 Å². The van der Waals surface area contributed by atoms with Gasteiger partial charge in [0, 0.05) is 11.5 Å². The Balaban J connectivity index is 2.61. The van der Waals surface area contributed by atoms with E-state index in [1.165, 1.54) is 35.5 Å². The molecule has 2 aromatic rings. The summed E-state index contributed by atoms with van der Waals surface area (Å²) in [7, 11) is 7.40. The van der Waals surface area contributed by atoms with E-state index in [0.717, 1.165) is 0 Å². The lowest BCUT2D eigenvalue weighted by Gasteiger charge is -2.26. The second-order valence-electron chi connectivity index (χ2n) is 6.26. The van der Waals surface area contributed by atoms with Crippen molar-refractivity contribution in [2.24, 2.45) is 0 Å². The van der Waals surface area contributed by atoms with Crippen LogP contribution in [0.5, 0.6) is 28.7 Å². The van der Waals surface area contributed by atoms with Crippen molar-refractivity contribution >= 4 is 0 Å². The van der Waals surface area contributed by atoms with Gasteiger partial charge in [0.1, 0.15) is 11.5 Å². The van der Waals surface area contributed by atoms with Gasteiger partial charge in [-0.1, -0.05) is 0 Å². The van der Waals surface area contributed by atoms with Gasteiger partial charge in [-0.2, -0.15) is 0 Å². The molecule has 0 aliphatic heterocycles. The van der Waals surface area contributed by atoms with E-state index in [2.05, 4.69) is 0 Å². The van der Waals surface area contributed by atoms with Crippen molar-refractivity contribution < 1.29 is 39.0 Å². The molecule has 0 aromatic heterocycles. The van der Waals surface area contributed by atoms with Crippen LogP contribution >= 0.6 is 0 Å². The van der Waals surface area contributed by atoms with Crippen LogP contribution in [0.3, 0.4) is 0 Å². The topological polar surface area (TPSA) is 107 Å². The van der Waals surface area contributed by atoms with Crippen molar-refractivity contribution in [1.29, 1.82) is 0 Å². The third-order valence-corrected chi connectivity index (χ3v) is 4.76. The van der Waals surface area contributed by atoms with Crippen LogP contribution in [0, 0.1) is 0 Å². The van der Waals surface area contributed by atoms with Crippen molar-refractivity contribution in [2.75, 3.05) is 42.2 Å². The van der Waals surface area contributed by atoms with Crippen molar-refractivity contribution in [1.82, 2.24) is 0 Å². The summed E-state index contributed by atoms with van der Waals surface area (Å²) >= 11 is 0. The van der Waals surface area contributed by atoms with Crippen LogP contribution in [-0.2, 0) is 6.61 Å². The van der Waals surface area contributed by atoms with Crippen LogP contribution in [0.15, 0.2) is 24.3 Å². The Morgan fingerprint density at radius 2 is 1.21 bits per heavy atom. The highest BCUT2D eigenvalue weighted by atomic mass is 16.5. The fourth-order valence-corrected chi connectivity index (χ4v) is 3.30. The third kappa shape index (κ3) is 4.50. The zero-order valence-electron chi connectivity index (χ0n) is 17.3. The normalized spacial score (nSPS) is 12.8. The summed E-state index contributed by atoms with van der Waals surface area (Å²) in [5, 5.41) is 30.7. The molecule has 0 amide bonds. The Hall–Kier alpha value is -2.68.